The van der Waals surface area contributed by atoms with Gasteiger partial charge in [-0.15, -0.1) is 0 Å². The topological polar surface area (TPSA) is 86.2 Å². The van der Waals surface area contributed by atoms with Gasteiger partial charge < -0.3 is 0 Å². The number of non-ortho nitro benzene ring substituents is 1. The molecule has 0 spiro atoms. The third kappa shape index (κ3) is 2.27. The molecule has 2 N–H and O–H groups in total. The number of nitrogens with two attached hydrogens (primary N) is 1. The SMILES string of the molecule is C=S(N)(=O)c1cccc([N+](=O)[O-])c1. The lowest BCUT2D eigenvalue weighted by atomic mass is 10.3. The van der Waals surface area contributed by atoms with E-state index in [1.165, 1.54) is 18.2 Å². The predicted octanol–water partition coefficient (Wildman–Crippen LogP) is 0.544. The largest absolute Gasteiger partial charge is 0.270 e. The highest BCUT2D eigenvalue weighted by molar-refractivity contribution is 7.98. The summed E-state index contributed by atoms with van der Waals surface area (Å²) in [5.41, 5.74) is -0.140. The Morgan fingerprint density at radius 1 is 1.54 bits per heavy atom. The number of hydrogen-bond acceptors (Lipinski definition) is 3. The first-order chi connectivity index (χ1) is 5.91. The first-order valence-electron chi connectivity index (χ1n) is 3.31. The molecule has 0 bridgehead atoms. The van der Waals surface area contributed by atoms with Crippen molar-refractivity contribution in [2.45, 2.75) is 4.90 Å². The summed E-state index contributed by atoms with van der Waals surface area (Å²) in [5.74, 6) is 3.22. The van der Waals surface area contributed by atoms with E-state index in [-0.39, 0.29) is 10.6 Å². The van der Waals surface area contributed by atoms with E-state index in [1.807, 2.05) is 0 Å². The zero-order valence-electron chi connectivity index (χ0n) is 6.67. The quantitative estimate of drug-likeness (QED) is 0.429. The van der Waals surface area contributed by atoms with Gasteiger partial charge in [0.1, 0.15) is 0 Å². The third-order valence-corrected chi connectivity index (χ3v) is 2.48. The molecule has 0 heterocycles. The summed E-state index contributed by atoms with van der Waals surface area (Å²) in [4.78, 5) is 9.94. The summed E-state index contributed by atoms with van der Waals surface area (Å²) in [6.45, 7) is 0. The fourth-order valence-corrected chi connectivity index (χ4v) is 1.44. The van der Waals surface area contributed by atoms with Gasteiger partial charge >= 0.3 is 0 Å². The normalized spacial score (nSPS) is 14.8. The molecule has 5 nitrogen and oxygen atoms in total. The molecule has 0 fully saturated rings. The average molecular weight is 200 g/mol. The molecule has 0 radical (unpaired) electrons. The molecule has 1 unspecified atom stereocenters. The standard InChI is InChI=1S/C7H8N2O3S/c1-13(8,12)7-4-2-3-6(5-7)9(10)11/h2-5H,1H2,(H2,8,12). The molecule has 13 heavy (non-hydrogen) atoms. The van der Waals surface area contributed by atoms with Crippen molar-refractivity contribution in [3.63, 3.8) is 0 Å². The van der Waals surface area contributed by atoms with E-state index in [2.05, 4.69) is 5.87 Å². The summed E-state index contributed by atoms with van der Waals surface area (Å²) in [6, 6.07) is 5.33. The monoisotopic (exact) mass is 200 g/mol. The van der Waals surface area contributed by atoms with Gasteiger partial charge in [0, 0.05) is 12.1 Å². The minimum Gasteiger partial charge on any atom is -0.258 e. The lowest BCUT2D eigenvalue weighted by molar-refractivity contribution is -0.385. The van der Waals surface area contributed by atoms with Crippen LogP contribution >= 0.6 is 0 Å². The summed E-state index contributed by atoms with van der Waals surface area (Å²) in [6.07, 6.45) is 0. The Bertz CT molecular complexity index is 439. The number of nitro benzene ring substituents is 1. The second-order valence-corrected chi connectivity index (χ2v) is 4.40. The zero-order valence-corrected chi connectivity index (χ0v) is 7.49. The minimum absolute atomic E-state index is 0.140. The van der Waals surface area contributed by atoms with Crippen LogP contribution in [0.3, 0.4) is 0 Å². The Balaban J connectivity index is 3.29. The zero-order chi connectivity index (χ0) is 10.1. The van der Waals surface area contributed by atoms with Crippen molar-refractivity contribution in [1.82, 2.24) is 0 Å². The Kier molecular flexibility index (Phi) is 2.35. The fourth-order valence-electron chi connectivity index (χ4n) is 0.812. The molecule has 0 saturated carbocycles. The maximum Gasteiger partial charge on any atom is 0.270 e. The van der Waals surface area contributed by atoms with Crippen LogP contribution in [-0.4, -0.2) is 15.0 Å². The van der Waals surface area contributed by atoms with Crippen molar-refractivity contribution in [2.75, 3.05) is 0 Å². The van der Waals surface area contributed by atoms with Crippen LogP contribution in [0.2, 0.25) is 0 Å². The van der Waals surface area contributed by atoms with Gasteiger partial charge in [-0.05, 0) is 11.9 Å². The van der Waals surface area contributed by atoms with Crippen molar-refractivity contribution in [2.24, 2.45) is 5.14 Å². The van der Waals surface area contributed by atoms with E-state index in [4.69, 9.17) is 5.14 Å². The number of hydrogen-bond donors (Lipinski definition) is 1. The molecule has 0 amide bonds. The van der Waals surface area contributed by atoms with E-state index in [1.54, 1.807) is 0 Å². The van der Waals surface area contributed by atoms with Crippen LogP contribution in [0, 0.1) is 10.1 Å². The van der Waals surface area contributed by atoms with Crippen LogP contribution in [-0.2, 0) is 9.71 Å². The van der Waals surface area contributed by atoms with Gasteiger partial charge in [-0.2, -0.15) is 0 Å². The van der Waals surface area contributed by atoms with Crippen LogP contribution in [0.5, 0.6) is 0 Å². The highest BCUT2D eigenvalue weighted by Gasteiger charge is 2.08. The Morgan fingerprint density at radius 2 is 2.15 bits per heavy atom. The van der Waals surface area contributed by atoms with Gasteiger partial charge in [0.25, 0.3) is 5.69 Å². The van der Waals surface area contributed by atoms with Crippen molar-refractivity contribution in [3.05, 3.63) is 34.4 Å². The minimum atomic E-state index is -2.86. The molecule has 0 aliphatic carbocycles. The summed E-state index contributed by atoms with van der Waals surface area (Å²) in [7, 11) is -2.86. The van der Waals surface area contributed by atoms with Gasteiger partial charge in [0.2, 0.25) is 0 Å². The van der Waals surface area contributed by atoms with Crippen molar-refractivity contribution >= 4 is 21.3 Å². The maximum atomic E-state index is 11.2. The lowest BCUT2D eigenvalue weighted by Crippen LogP contribution is -2.11. The third-order valence-electron chi connectivity index (χ3n) is 1.43. The number of nitro groups is 1. The van der Waals surface area contributed by atoms with Gasteiger partial charge in [0.05, 0.1) is 19.5 Å². The summed E-state index contributed by atoms with van der Waals surface area (Å²) in [5, 5.41) is 15.6. The van der Waals surface area contributed by atoms with E-state index < -0.39 is 14.6 Å². The molecular formula is C7H8N2O3S. The van der Waals surface area contributed by atoms with Crippen LogP contribution < -0.4 is 5.14 Å². The number of benzene rings is 1. The van der Waals surface area contributed by atoms with E-state index in [9.17, 15) is 14.3 Å². The van der Waals surface area contributed by atoms with Crippen LogP contribution in [0.25, 0.3) is 0 Å². The maximum absolute atomic E-state index is 11.2. The predicted molar refractivity (Wildman–Crippen MR) is 50.8 cm³/mol. The van der Waals surface area contributed by atoms with Crippen LogP contribution in [0.1, 0.15) is 0 Å². The molecule has 0 aliphatic heterocycles. The molecule has 6 heteroatoms. The molecule has 0 aromatic heterocycles. The Labute approximate surface area is 75.5 Å². The molecule has 70 valence electrons. The van der Waals surface area contributed by atoms with Crippen LogP contribution in [0.15, 0.2) is 29.2 Å². The van der Waals surface area contributed by atoms with Gasteiger partial charge in [-0.1, -0.05) is 6.07 Å². The number of nitrogens with zero attached hydrogens (tertiary/aromatic N) is 1. The van der Waals surface area contributed by atoms with Crippen molar-refractivity contribution < 1.29 is 9.13 Å². The first-order valence-corrected chi connectivity index (χ1v) is 5.10. The second-order valence-electron chi connectivity index (χ2n) is 2.48. The Hall–Kier alpha value is -1.40. The molecular weight excluding hydrogens is 192 g/mol. The molecule has 1 rings (SSSR count). The molecule has 0 saturated heterocycles. The van der Waals surface area contributed by atoms with Gasteiger partial charge in [-0.25, -0.2) is 4.21 Å². The average Bonchev–Trinajstić information content (AvgIpc) is 2.03. The molecule has 1 aromatic carbocycles. The Morgan fingerprint density at radius 3 is 2.62 bits per heavy atom. The molecule has 1 atom stereocenters. The van der Waals surface area contributed by atoms with Crippen molar-refractivity contribution in [1.29, 1.82) is 0 Å². The molecule has 0 aliphatic rings. The van der Waals surface area contributed by atoms with Gasteiger partial charge in [0.15, 0.2) is 0 Å². The van der Waals surface area contributed by atoms with E-state index in [0.29, 0.717) is 0 Å². The lowest BCUT2D eigenvalue weighted by Gasteiger charge is -2.00. The summed E-state index contributed by atoms with van der Waals surface area (Å²) < 4.78 is 11.2. The van der Waals surface area contributed by atoms with Crippen molar-refractivity contribution in [3.8, 4) is 0 Å². The first kappa shape index (κ1) is 9.69. The molecule has 1 aromatic rings. The van der Waals surface area contributed by atoms with E-state index in [0.717, 1.165) is 6.07 Å². The highest BCUT2D eigenvalue weighted by Crippen LogP contribution is 2.15. The second kappa shape index (κ2) is 3.15. The smallest absolute Gasteiger partial charge is 0.258 e. The summed E-state index contributed by atoms with van der Waals surface area (Å²) >= 11 is 0. The fraction of sp³-hybridized carbons (Fsp3) is 0. The van der Waals surface area contributed by atoms with E-state index >= 15 is 0 Å². The highest BCUT2D eigenvalue weighted by atomic mass is 32.2. The van der Waals surface area contributed by atoms with Gasteiger partial charge in [-0.3, -0.25) is 15.3 Å². The van der Waals surface area contributed by atoms with Crippen LogP contribution in [0.4, 0.5) is 5.69 Å². The number of rotatable bonds is 2.